The number of aromatic nitrogens is 2. The summed E-state index contributed by atoms with van der Waals surface area (Å²) in [6.07, 6.45) is 2.16. The maximum absolute atomic E-state index is 11.8. The molecule has 0 fully saturated rings. The number of H-pyrrole nitrogens is 1. The molecule has 0 saturated heterocycles. The largest absolute Gasteiger partial charge is 0.480 e. The fourth-order valence-corrected chi connectivity index (χ4v) is 1.88. The number of carbonyl (C=O) groups is 2. The van der Waals surface area contributed by atoms with E-state index in [2.05, 4.69) is 20.6 Å². The molecule has 0 saturated carbocycles. The molecule has 8 nitrogen and oxygen atoms in total. The van der Waals surface area contributed by atoms with Gasteiger partial charge in [-0.1, -0.05) is 0 Å². The van der Waals surface area contributed by atoms with Gasteiger partial charge in [0.15, 0.2) is 0 Å². The second-order valence-electron chi connectivity index (χ2n) is 4.20. The summed E-state index contributed by atoms with van der Waals surface area (Å²) < 4.78 is 4.82. The van der Waals surface area contributed by atoms with Crippen LogP contribution in [0, 0.1) is 0 Å². The van der Waals surface area contributed by atoms with E-state index in [1.807, 2.05) is 0 Å². The van der Waals surface area contributed by atoms with Gasteiger partial charge in [0.1, 0.15) is 6.61 Å². The molecule has 8 heteroatoms. The number of fused-ring (bicyclic) bond motifs is 1. The number of aliphatic carboxylic acids is 1. The van der Waals surface area contributed by atoms with Crippen molar-refractivity contribution in [1.82, 2.24) is 20.6 Å². The van der Waals surface area contributed by atoms with Crippen LogP contribution in [0.4, 0.5) is 0 Å². The lowest BCUT2D eigenvalue weighted by Gasteiger charge is -2.22. The lowest BCUT2D eigenvalue weighted by Crippen LogP contribution is -2.48. The SMILES string of the molecule is O=C(O)COCCNC(=O)C1Cc2nc[nH]c2CN1. The smallest absolute Gasteiger partial charge is 0.329 e. The zero-order chi connectivity index (χ0) is 13.7. The number of rotatable bonds is 6. The molecule has 1 aliphatic rings. The molecule has 0 aliphatic carbocycles. The maximum atomic E-state index is 11.8. The summed E-state index contributed by atoms with van der Waals surface area (Å²) in [7, 11) is 0. The third kappa shape index (κ3) is 3.76. The fourth-order valence-electron chi connectivity index (χ4n) is 1.88. The van der Waals surface area contributed by atoms with E-state index in [-0.39, 0.29) is 31.7 Å². The number of carbonyl (C=O) groups excluding carboxylic acids is 1. The van der Waals surface area contributed by atoms with Gasteiger partial charge in [0.05, 0.1) is 30.4 Å². The van der Waals surface area contributed by atoms with Crippen molar-refractivity contribution in [2.45, 2.75) is 19.0 Å². The number of amides is 1. The summed E-state index contributed by atoms with van der Waals surface area (Å²) in [6, 6.07) is -0.310. The van der Waals surface area contributed by atoms with Crippen LogP contribution in [-0.2, 0) is 27.3 Å². The molecule has 1 aromatic heterocycles. The molecule has 1 unspecified atom stereocenters. The molecule has 2 heterocycles. The third-order valence-corrected chi connectivity index (χ3v) is 2.82. The predicted molar refractivity (Wildman–Crippen MR) is 64.4 cm³/mol. The number of carboxylic acids is 1. The van der Waals surface area contributed by atoms with Gasteiger partial charge in [-0.05, 0) is 0 Å². The summed E-state index contributed by atoms with van der Waals surface area (Å²) in [4.78, 5) is 29.2. The number of carboxylic acid groups (broad SMARTS) is 1. The third-order valence-electron chi connectivity index (χ3n) is 2.82. The molecule has 1 aliphatic heterocycles. The minimum Gasteiger partial charge on any atom is -0.480 e. The van der Waals surface area contributed by atoms with Crippen LogP contribution in [-0.4, -0.2) is 52.8 Å². The molecule has 0 spiro atoms. The average Bonchev–Trinajstić information content (AvgIpc) is 2.84. The van der Waals surface area contributed by atoms with Crippen molar-refractivity contribution in [2.75, 3.05) is 19.8 Å². The van der Waals surface area contributed by atoms with Gasteiger partial charge in [-0.15, -0.1) is 0 Å². The van der Waals surface area contributed by atoms with E-state index in [1.54, 1.807) is 6.33 Å². The van der Waals surface area contributed by atoms with Gasteiger partial charge < -0.3 is 20.1 Å². The second kappa shape index (κ2) is 6.30. The molecule has 1 aromatic rings. The number of aromatic amines is 1. The Morgan fingerprint density at radius 1 is 1.58 bits per heavy atom. The van der Waals surface area contributed by atoms with Gasteiger partial charge in [0, 0.05) is 19.5 Å². The first-order valence-electron chi connectivity index (χ1n) is 5.98. The van der Waals surface area contributed by atoms with Crippen molar-refractivity contribution in [3.8, 4) is 0 Å². The zero-order valence-electron chi connectivity index (χ0n) is 10.3. The summed E-state index contributed by atoms with van der Waals surface area (Å²) in [5.41, 5.74) is 1.91. The van der Waals surface area contributed by atoms with Crippen molar-refractivity contribution in [3.05, 3.63) is 17.7 Å². The van der Waals surface area contributed by atoms with E-state index in [0.717, 1.165) is 11.4 Å². The predicted octanol–water partition coefficient (Wildman–Crippen LogP) is -1.36. The normalized spacial score (nSPS) is 17.8. The molecule has 1 amide bonds. The average molecular weight is 268 g/mol. The lowest BCUT2D eigenvalue weighted by molar-refractivity contribution is -0.142. The van der Waals surface area contributed by atoms with Crippen LogP contribution in [0.15, 0.2) is 6.33 Å². The summed E-state index contributed by atoms with van der Waals surface area (Å²) in [6.45, 7) is 0.702. The Hall–Kier alpha value is -1.93. The Kier molecular flexibility index (Phi) is 4.48. The zero-order valence-corrected chi connectivity index (χ0v) is 10.3. The van der Waals surface area contributed by atoms with Gasteiger partial charge in [-0.2, -0.15) is 0 Å². The van der Waals surface area contributed by atoms with Crippen LogP contribution >= 0.6 is 0 Å². The molecule has 0 aromatic carbocycles. The molecule has 0 radical (unpaired) electrons. The topological polar surface area (TPSA) is 116 Å². The van der Waals surface area contributed by atoms with Gasteiger partial charge in [0.2, 0.25) is 5.91 Å². The van der Waals surface area contributed by atoms with E-state index in [4.69, 9.17) is 9.84 Å². The highest BCUT2D eigenvalue weighted by molar-refractivity contribution is 5.82. The van der Waals surface area contributed by atoms with Gasteiger partial charge in [-0.25, -0.2) is 9.78 Å². The van der Waals surface area contributed by atoms with E-state index in [1.165, 1.54) is 0 Å². The second-order valence-corrected chi connectivity index (χ2v) is 4.20. The highest BCUT2D eigenvalue weighted by atomic mass is 16.5. The van der Waals surface area contributed by atoms with Crippen LogP contribution in [0.3, 0.4) is 0 Å². The first kappa shape index (κ1) is 13.5. The van der Waals surface area contributed by atoms with Crippen LogP contribution in [0.2, 0.25) is 0 Å². The standard InChI is InChI=1S/C11H16N4O4/c16-10(17)5-19-2-1-12-11(18)8-3-7-9(4-13-8)15-6-14-7/h6,8,13H,1-5H2,(H,12,18)(H,14,15)(H,16,17). The van der Waals surface area contributed by atoms with Crippen molar-refractivity contribution in [1.29, 1.82) is 0 Å². The van der Waals surface area contributed by atoms with Gasteiger partial charge >= 0.3 is 5.97 Å². The summed E-state index contributed by atoms with van der Waals surface area (Å²) in [5, 5.41) is 14.2. The highest BCUT2D eigenvalue weighted by Gasteiger charge is 2.25. The molecule has 104 valence electrons. The van der Waals surface area contributed by atoms with E-state index >= 15 is 0 Å². The number of hydrogen-bond donors (Lipinski definition) is 4. The van der Waals surface area contributed by atoms with Crippen molar-refractivity contribution >= 4 is 11.9 Å². The number of nitrogens with zero attached hydrogens (tertiary/aromatic N) is 1. The molecule has 1 atom stereocenters. The number of imidazole rings is 1. The van der Waals surface area contributed by atoms with Gasteiger partial charge in [0.25, 0.3) is 0 Å². The fraction of sp³-hybridized carbons (Fsp3) is 0.545. The Labute approximate surface area is 109 Å². The minimum absolute atomic E-state index is 0.132. The highest BCUT2D eigenvalue weighted by Crippen LogP contribution is 2.11. The Balaban J connectivity index is 1.68. The maximum Gasteiger partial charge on any atom is 0.329 e. The monoisotopic (exact) mass is 268 g/mol. The van der Waals surface area contributed by atoms with Crippen LogP contribution < -0.4 is 10.6 Å². The van der Waals surface area contributed by atoms with E-state index in [9.17, 15) is 9.59 Å². The Morgan fingerprint density at radius 3 is 3.21 bits per heavy atom. The van der Waals surface area contributed by atoms with Gasteiger partial charge in [-0.3, -0.25) is 10.1 Å². The number of ether oxygens (including phenoxy) is 1. The first-order chi connectivity index (χ1) is 9.16. The number of hydrogen-bond acceptors (Lipinski definition) is 5. The van der Waals surface area contributed by atoms with Crippen molar-refractivity contribution in [3.63, 3.8) is 0 Å². The quantitative estimate of drug-likeness (QED) is 0.474. The van der Waals surface area contributed by atoms with Crippen LogP contribution in [0.5, 0.6) is 0 Å². The Bertz CT molecular complexity index is 459. The Morgan fingerprint density at radius 2 is 2.42 bits per heavy atom. The lowest BCUT2D eigenvalue weighted by atomic mass is 10.1. The first-order valence-corrected chi connectivity index (χ1v) is 5.98. The van der Waals surface area contributed by atoms with Crippen LogP contribution in [0.25, 0.3) is 0 Å². The van der Waals surface area contributed by atoms with Crippen LogP contribution in [0.1, 0.15) is 11.4 Å². The van der Waals surface area contributed by atoms with E-state index < -0.39 is 5.97 Å². The molecule has 4 N–H and O–H groups in total. The number of nitrogens with one attached hydrogen (secondary N) is 3. The van der Waals surface area contributed by atoms with Crippen molar-refractivity contribution < 1.29 is 19.4 Å². The van der Waals surface area contributed by atoms with Crippen molar-refractivity contribution in [2.24, 2.45) is 0 Å². The molecular weight excluding hydrogens is 252 g/mol. The summed E-state index contributed by atoms with van der Waals surface area (Å²) in [5.74, 6) is -1.15. The molecular formula is C11H16N4O4. The molecule has 2 rings (SSSR count). The minimum atomic E-state index is -1.02. The summed E-state index contributed by atoms with van der Waals surface area (Å²) >= 11 is 0. The molecule has 19 heavy (non-hydrogen) atoms. The molecule has 0 bridgehead atoms. The van der Waals surface area contributed by atoms with E-state index in [0.29, 0.717) is 13.0 Å².